The number of nitrogens with zero attached hydrogens (tertiary/aromatic N) is 1. The van der Waals surface area contributed by atoms with Gasteiger partial charge in [0.15, 0.2) is 11.9 Å². The molecule has 1 fully saturated rings. The first kappa shape index (κ1) is 30.3. The van der Waals surface area contributed by atoms with Crippen molar-refractivity contribution in [2.75, 3.05) is 17.8 Å². The predicted octanol–water partition coefficient (Wildman–Crippen LogP) is 4.31. The summed E-state index contributed by atoms with van der Waals surface area (Å²) in [6, 6.07) is 16.7. The Bertz CT molecular complexity index is 1210. The molecule has 0 aromatic heterocycles. The molecule has 1 saturated heterocycles. The van der Waals surface area contributed by atoms with Gasteiger partial charge < -0.3 is 29.5 Å². The Morgan fingerprint density at radius 1 is 1.18 bits per heavy atom. The normalized spacial score (nSPS) is 25.8. The first-order valence-corrected chi connectivity index (χ1v) is 14.5. The number of benzene rings is 2. The molecule has 40 heavy (non-hydrogen) atoms. The van der Waals surface area contributed by atoms with E-state index in [1.54, 1.807) is 24.8 Å². The van der Waals surface area contributed by atoms with Gasteiger partial charge in [0.05, 0.1) is 12.2 Å². The summed E-state index contributed by atoms with van der Waals surface area (Å²) in [7, 11) is 1.39. The van der Waals surface area contributed by atoms with Crippen LogP contribution in [0.4, 0.5) is 5.69 Å². The Balaban J connectivity index is 1.56. The number of para-hydroxylation sites is 1. The average molecular weight is 569 g/mol. The third-order valence-corrected chi connectivity index (χ3v) is 7.89. The maximum absolute atomic E-state index is 13.9. The molecule has 2 N–H and O–H groups in total. The Labute approximate surface area is 241 Å². The summed E-state index contributed by atoms with van der Waals surface area (Å²) in [5.41, 5.74) is 1.66. The minimum absolute atomic E-state index is 0.125. The molecule has 2 aromatic carbocycles. The van der Waals surface area contributed by atoms with E-state index < -0.39 is 42.2 Å². The van der Waals surface area contributed by atoms with Crippen LogP contribution in [0.2, 0.25) is 0 Å². The number of aliphatic hydroxyl groups is 1. The fourth-order valence-corrected chi connectivity index (χ4v) is 5.89. The van der Waals surface area contributed by atoms with Gasteiger partial charge in [0, 0.05) is 17.8 Å². The molecule has 0 spiro atoms. The lowest BCUT2D eigenvalue weighted by Crippen LogP contribution is -2.62. The summed E-state index contributed by atoms with van der Waals surface area (Å²) in [5.74, 6) is -1.48. The van der Waals surface area contributed by atoms with Crippen LogP contribution < -0.4 is 10.2 Å². The molecule has 1 unspecified atom stereocenters. The zero-order chi connectivity index (χ0) is 29.1. The van der Waals surface area contributed by atoms with Crippen molar-refractivity contribution < 1.29 is 28.9 Å². The van der Waals surface area contributed by atoms with Crippen molar-refractivity contribution in [1.29, 1.82) is 0 Å². The van der Waals surface area contributed by atoms with Gasteiger partial charge in [0.25, 0.3) is 11.8 Å². The maximum atomic E-state index is 13.9. The number of thioether (sulfide) groups is 1. The van der Waals surface area contributed by atoms with E-state index in [2.05, 4.69) is 5.32 Å². The molecule has 0 radical (unpaired) electrons. The number of anilines is 1. The van der Waals surface area contributed by atoms with Crippen LogP contribution in [0, 0.1) is 5.41 Å². The molecule has 2 aliphatic rings. The van der Waals surface area contributed by atoms with Gasteiger partial charge >= 0.3 is 0 Å². The van der Waals surface area contributed by atoms with E-state index in [-0.39, 0.29) is 11.3 Å². The van der Waals surface area contributed by atoms with E-state index in [4.69, 9.17) is 14.2 Å². The van der Waals surface area contributed by atoms with Crippen LogP contribution in [0.25, 0.3) is 0 Å². The lowest BCUT2D eigenvalue weighted by atomic mass is 9.93. The lowest BCUT2D eigenvalue weighted by molar-refractivity contribution is -0.334. The first-order chi connectivity index (χ1) is 18.9. The molecular weight excluding hydrogens is 528 g/mol. The van der Waals surface area contributed by atoms with Crippen molar-refractivity contribution >= 4 is 29.3 Å². The molecule has 5 atom stereocenters. The van der Waals surface area contributed by atoms with Crippen LogP contribution in [0.15, 0.2) is 71.6 Å². The van der Waals surface area contributed by atoms with Gasteiger partial charge in [-0.25, -0.2) is 0 Å². The minimum Gasteiger partial charge on any atom is -0.387 e. The van der Waals surface area contributed by atoms with Gasteiger partial charge in [-0.15, -0.1) is 11.8 Å². The second-order valence-electron chi connectivity index (χ2n) is 11.7. The number of aliphatic hydroxyl groups excluding tert-OH is 1. The molecule has 2 heterocycles. The van der Waals surface area contributed by atoms with Gasteiger partial charge in [-0.05, 0) is 37.0 Å². The lowest BCUT2D eigenvalue weighted by Gasteiger charge is -2.45. The van der Waals surface area contributed by atoms with Crippen molar-refractivity contribution in [3.05, 3.63) is 72.3 Å². The van der Waals surface area contributed by atoms with Gasteiger partial charge in [-0.1, -0.05) is 75.4 Å². The van der Waals surface area contributed by atoms with E-state index in [1.807, 2.05) is 81.4 Å². The number of allylic oxidation sites excluding steroid dienone is 1. The van der Waals surface area contributed by atoms with E-state index in [9.17, 15) is 14.7 Å². The largest absolute Gasteiger partial charge is 0.387 e. The van der Waals surface area contributed by atoms with Crippen molar-refractivity contribution in [3.63, 3.8) is 0 Å². The fourth-order valence-electron chi connectivity index (χ4n) is 4.82. The highest BCUT2D eigenvalue weighted by atomic mass is 32.2. The Hall–Kier alpha value is -2.69. The number of ether oxygens (including phenoxy) is 3. The number of hydrogen-bond acceptors (Lipinski definition) is 7. The third-order valence-electron chi connectivity index (χ3n) is 6.74. The van der Waals surface area contributed by atoms with Crippen LogP contribution in [0.5, 0.6) is 0 Å². The smallest absolute Gasteiger partial charge is 0.252 e. The fraction of sp³-hybridized carbons (Fsp3) is 0.484. The van der Waals surface area contributed by atoms with E-state index in [1.165, 1.54) is 18.9 Å². The van der Waals surface area contributed by atoms with Crippen molar-refractivity contribution in [1.82, 2.24) is 5.32 Å². The van der Waals surface area contributed by atoms with Crippen LogP contribution in [0.1, 0.15) is 40.2 Å². The number of methoxy groups -OCH3 is 1. The highest BCUT2D eigenvalue weighted by molar-refractivity contribution is 7.99. The first-order valence-electron chi connectivity index (χ1n) is 13.5. The second-order valence-corrected chi connectivity index (χ2v) is 12.7. The Morgan fingerprint density at radius 3 is 2.52 bits per heavy atom. The Kier molecular flexibility index (Phi) is 9.42. The van der Waals surface area contributed by atoms with Crippen molar-refractivity contribution in [2.45, 2.75) is 82.3 Å². The highest BCUT2D eigenvalue weighted by Crippen LogP contribution is 2.36. The van der Waals surface area contributed by atoms with E-state index >= 15 is 0 Å². The van der Waals surface area contributed by atoms with Gasteiger partial charge in [0.2, 0.25) is 0 Å². The summed E-state index contributed by atoms with van der Waals surface area (Å²) >= 11 is 1.51. The number of nitrogens with one attached hydrogen (secondary N) is 1. The average Bonchev–Trinajstić information content (AvgIpc) is 3.02. The molecule has 0 aliphatic carbocycles. The molecular formula is C31H40N2O6S. The van der Waals surface area contributed by atoms with Crippen LogP contribution >= 0.6 is 11.8 Å². The zero-order valence-electron chi connectivity index (χ0n) is 24.0. The number of rotatable bonds is 7. The number of fused-ring (bicyclic) bond motifs is 1. The second kappa shape index (κ2) is 12.4. The van der Waals surface area contributed by atoms with Gasteiger partial charge in [0.1, 0.15) is 24.4 Å². The summed E-state index contributed by atoms with van der Waals surface area (Å²) in [5, 5.41) is 14.1. The number of carbonyl (C=O) groups excluding carboxylic acids is 2. The molecule has 9 heteroatoms. The molecule has 2 aliphatic heterocycles. The maximum Gasteiger partial charge on any atom is 0.252 e. The SMILES string of the molecule is CO[C@@H](C(=O)NC1CSc2ccccc2N(Cc2ccccc2)C1=O)[C@@H]1OC(C)(C)O[C@H](/C=C/C(C)(C)C)[C@@H]1O. The number of carbonyl (C=O) groups is 2. The highest BCUT2D eigenvalue weighted by Gasteiger charge is 2.48. The Morgan fingerprint density at radius 2 is 1.85 bits per heavy atom. The molecule has 8 nitrogen and oxygen atoms in total. The standard InChI is InChI=1S/C31H40N2O6S/c1-30(2,3)17-16-23-25(34)26(39-31(4,5)38-23)27(37-6)28(35)32-21-19-40-24-15-11-10-14-22(24)33(29(21)36)18-20-12-8-7-9-13-20/h7-17,21,23,25-27,34H,18-19H2,1-6H3,(H,32,35)/b17-16+/t21?,23-,25+,26-,27-/m1/s1. The van der Waals surface area contributed by atoms with Crippen LogP contribution in [0.3, 0.4) is 0 Å². The summed E-state index contributed by atoms with van der Waals surface area (Å²) < 4.78 is 17.6. The third kappa shape index (κ3) is 7.33. The molecule has 0 saturated carbocycles. The zero-order valence-corrected chi connectivity index (χ0v) is 24.8. The summed E-state index contributed by atoms with van der Waals surface area (Å²) in [6.45, 7) is 9.98. The van der Waals surface area contributed by atoms with E-state index in [0.29, 0.717) is 12.3 Å². The summed E-state index contributed by atoms with van der Waals surface area (Å²) in [4.78, 5) is 30.2. The molecule has 4 rings (SSSR count). The molecule has 2 aromatic rings. The topological polar surface area (TPSA) is 97.3 Å². The van der Waals surface area contributed by atoms with Crippen molar-refractivity contribution in [3.8, 4) is 0 Å². The van der Waals surface area contributed by atoms with Gasteiger partial charge in [-0.2, -0.15) is 0 Å². The summed E-state index contributed by atoms with van der Waals surface area (Å²) in [6.07, 6.45) is -0.299. The quantitative estimate of drug-likeness (QED) is 0.481. The molecule has 2 amide bonds. The molecule has 0 bridgehead atoms. The van der Waals surface area contributed by atoms with Crippen LogP contribution in [-0.2, 0) is 30.3 Å². The minimum atomic E-state index is -1.17. The van der Waals surface area contributed by atoms with Crippen molar-refractivity contribution in [2.24, 2.45) is 5.41 Å². The monoisotopic (exact) mass is 568 g/mol. The van der Waals surface area contributed by atoms with Gasteiger partial charge in [-0.3, -0.25) is 9.59 Å². The number of amides is 2. The number of hydrogen-bond donors (Lipinski definition) is 2. The van der Waals surface area contributed by atoms with E-state index in [0.717, 1.165) is 16.1 Å². The predicted molar refractivity (Wildman–Crippen MR) is 156 cm³/mol. The van der Waals surface area contributed by atoms with Crippen LogP contribution in [-0.4, -0.2) is 66.0 Å². The molecule has 216 valence electrons.